The molecule has 2 aliphatic heterocycles. The highest BCUT2D eigenvalue weighted by Crippen LogP contribution is 2.49. The Morgan fingerprint density at radius 1 is 1.18 bits per heavy atom. The second-order valence-electron chi connectivity index (χ2n) is 3.75. The van der Waals surface area contributed by atoms with Gasteiger partial charge in [0.2, 0.25) is 0 Å². The fraction of sp³-hybridized carbons (Fsp3) is 0.778. The SMILES string of the molecule is CCC1=N[C@]1(C)[C@]1(C)N=C1C. The quantitative estimate of drug-likeness (QED) is 0.574. The van der Waals surface area contributed by atoms with E-state index in [9.17, 15) is 0 Å². The molecule has 0 fully saturated rings. The Morgan fingerprint density at radius 2 is 1.73 bits per heavy atom. The molecule has 0 N–H and O–H groups in total. The molecule has 0 amide bonds. The fourth-order valence-electron chi connectivity index (χ4n) is 1.82. The van der Waals surface area contributed by atoms with Crippen molar-refractivity contribution in [2.45, 2.75) is 45.2 Å². The third kappa shape index (κ3) is 0.627. The van der Waals surface area contributed by atoms with Crippen molar-refractivity contribution in [3.63, 3.8) is 0 Å². The molecule has 0 spiro atoms. The maximum Gasteiger partial charge on any atom is 0.125 e. The lowest BCUT2D eigenvalue weighted by molar-refractivity contribution is 0.569. The second kappa shape index (κ2) is 1.57. The molecule has 2 atom stereocenters. The summed E-state index contributed by atoms with van der Waals surface area (Å²) in [6, 6.07) is 0. The smallest absolute Gasteiger partial charge is 0.125 e. The molecule has 2 heterocycles. The summed E-state index contributed by atoms with van der Waals surface area (Å²) in [6.45, 7) is 8.61. The van der Waals surface area contributed by atoms with Crippen LogP contribution < -0.4 is 0 Å². The van der Waals surface area contributed by atoms with E-state index in [1.165, 1.54) is 11.4 Å². The number of nitrogens with zero attached hydrogens (tertiary/aromatic N) is 2. The summed E-state index contributed by atoms with van der Waals surface area (Å²) in [4.78, 5) is 8.91. The average Bonchev–Trinajstić information content (AvgIpc) is 2.76. The standard InChI is InChI=1S/C9H14N2/c1-5-7-9(4,11-7)8(3)6(2)10-8/h5H2,1-4H3/t8-,9+/m1/s1. The van der Waals surface area contributed by atoms with E-state index in [-0.39, 0.29) is 11.1 Å². The zero-order chi connectivity index (χ0) is 8.28. The Kier molecular flexibility index (Phi) is 1.00. The highest BCUT2D eigenvalue weighted by Gasteiger charge is 2.63. The van der Waals surface area contributed by atoms with E-state index in [0.29, 0.717) is 0 Å². The molecule has 0 saturated carbocycles. The van der Waals surface area contributed by atoms with E-state index in [2.05, 4.69) is 37.7 Å². The summed E-state index contributed by atoms with van der Waals surface area (Å²) < 4.78 is 0. The number of hydrogen-bond acceptors (Lipinski definition) is 2. The lowest BCUT2D eigenvalue weighted by Crippen LogP contribution is -2.36. The Hall–Kier alpha value is -0.660. The van der Waals surface area contributed by atoms with Crippen molar-refractivity contribution in [3.8, 4) is 0 Å². The maximum absolute atomic E-state index is 4.49. The highest BCUT2D eigenvalue weighted by molar-refractivity contribution is 6.17. The molecule has 0 aliphatic carbocycles. The van der Waals surface area contributed by atoms with E-state index in [4.69, 9.17) is 0 Å². The van der Waals surface area contributed by atoms with Gasteiger partial charge < -0.3 is 0 Å². The van der Waals surface area contributed by atoms with Crippen molar-refractivity contribution in [1.29, 1.82) is 0 Å². The van der Waals surface area contributed by atoms with Gasteiger partial charge in [-0.3, -0.25) is 9.98 Å². The van der Waals surface area contributed by atoms with Crippen LogP contribution in [-0.4, -0.2) is 22.5 Å². The molecule has 0 bridgehead atoms. The van der Waals surface area contributed by atoms with Gasteiger partial charge in [-0.05, 0) is 27.2 Å². The van der Waals surface area contributed by atoms with Crippen LogP contribution in [-0.2, 0) is 0 Å². The van der Waals surface area contributed by atoms with Crippen molar-refractivity contribution >= 4 is 11.4 Å². The molecule has 2 aliphatic rings. The van der Waals surface area contributed by atoms with Crippen LogP contribution in [0.5, 0.6) is 0 Å². The minimum absolute atomic E-state index is 0.0678. The van der Waals surface area contributed by atoms with Crippen molar-refractivity contribution in [1.82, 2.24) is 0 Å². The van der Waals surface area contributed by atoms with Crippen LogP contribution >= 0.6 is 0 Å². The Bertz CT molecular complexity index is 277. The minimum Gasteiger partial charge on any atom is -0.276 e. The van der Waals surface area contributed by atoms with Gasteiger partial charge in [0, 0.05) is 11.4 Å². The van der Waals surface area contributed by atoms with Crippen LogP contribution in [0.3, 0.4) is 0 Å². The molecule has 2 nitrogen and oxygen atoms in total. The van der Waals surface area contributed by atoms with E-state index in [1.807, 2.05) is 0 Å². The monoisotopic (exact) mass is 150 g/mol. The molecule has 0 radical (unpaired) electrons. The first-order chi connectivity index (χ1) is 5.04. The van der Waals surface area contributed by atoms with Gasteiger partial charge in [-0.1, -0.05) is 6.92 Å². The minimum atomic E-state index is 0.0678. The zero-order valence-corrected chi connectivity index (χ0v) is 7.60. The third-order valence-corrected chi connectivity index (χ3v) is 3.20. The van der Waals surface area contributed by atoms with Gasteiger partial charge >= 0.3 is 0 Å². The molecule has 11 heavy (non-hydrogen) atoms. The summed E-state index contributed by atoms with van der Waals surface area (Å²) >= 11 is 0. The molecule has 2 heteroatoms. The predicted octanol–water partition coefficient (Wildman–Crippen LogP) is 1.84. The molecular weight excluding hydrogens is 136 g/mol. The van der Waals surface area contributed by atoms with Crippen LogP contribution in [0.15, 0.2) is 9.98 Å². The van der Waals surface area contributed by atoms with Crippen molar-refractivity contribution in [2.75, 3.05) is 0 Å². The Morgan fingerprint density at radius 3 is 2.00 bits per heavy atom. The zero-order valence-electron chi connectivity index (χ0n) is 7.60. The van der Waals surface area contributed by atoms with Crippen LogP contribution in [0.2, 0.25) is 0 Å². The van der Waals surface area contributed by atoms with Gasteiger partial charge in [0.15, 0.2) is 0 Å². The maximum atomic E-state index is 4.49. The van der Waals surface area contributed by atoms with Crippen LogP contribution in [0.1, 0.15) is 34.1 Å². The molecule has 2 rings (SSSR count). The van der Waals surface area contributed by atoms with Crippen molar-refractivity contribution in [2.24, 2.45) is 9.98 Å². The molecule has 0 unspecified atom stereocenters. The Balaban J connectivity index is 2.11. The normalized spacial score (nSPS) is 46.5. The molecule has 0 aromatic rings. The number of hydrogen-bond donors (Lipinski definition) is 0. The Labute approximate surface area is 67.4 Å². The first-order valence-electron chi connectivity index (χ1n) is 4.21. The van der Waals surface area contributed by atoms with Gasteiger partial charge in [-0.2, -0.15) is 0 Å². The second-order valence-corrected chi connectivity index (χ2v) is 3.75. The summed E-state index contributed by atoms with van der Waals surface area (Å²) in [7, 11) is 0. The number of aliphatic imine (C=N–C) groups is 2. The molecular formula is C9H14N2. The summed E-state index contributed by atoms with van der Waals surface area (Å²) in [5.74, 6) is 0. The van der Waals surface area contributed by atoms with E-state index >= 15 is 0 Å². The predicted molar refractivity (Wildman–Crippen MR) is 47.6 cm³/mol. The van der Waals surface area contributed by atoms with Gasteiger partial charge in [0.1, 0.15) is 11.1 Å². The molecule has 0 aromatic heterocycles. The van der Waals surface area contributed by atoms with Crippen molar-refractivity contribution in [3.05, 3.63) is 0 Å². The molecule has 0 saturated heterocycles. The van der Waals surface area contributed by atoms with Crippen LogP contribution in [0, 0.1) is 0 Å². The van der Waals surface area contributed by atoms with E-state index in [0.717, 1.165) is 6.42 Å². The van der Waals surface area contributed by atoms with Gasteiger partial charge in [0.25, 0.3) is 0 Å². The summed E-state index contributed by atoms with van der Waals surface area (Å²) in [5, 5.41) is 0. The summed E-state index contributed by atoms with van der Waals surface area (Å²) in [5.41, 5.74) is 2.73. The summed E-state index contributed by atoms with van der Waals surface area (Å²) in [6.07, 6.45) is 1.08. The van der Waals surface area contributed by atoms with Gasteiger partial charge in [-0.25, -0.2) is 0 Å². The van der Waals surface area contributed by atoms with E-state index in [1.54, 1.807) is 0 Å². The molecule has 0 aromatic carbocycles. The first kappa shape index (κ1) is 7.01. The van der Waals surface area contributed by atoms with Crippen LogP contribution in [0.25, 0.3) is 0 Å². The van der Waals surface area contributed by atoms with Gasteiger partial charge in [0.05, 0.1) is 0 Å². The van der Waals surface area contributed by atoms with Gasteiger partial charge in [-0.15, -0.1) is 0 Å². The first-order valence-corrected chi connectivity index (χ1v) is 4.21. The number of rotatable bonds is 2. The molecule has 60 valence electrons. The lowest BCUT2D eigenvalue weighted by atomic mass is 9.85. The average molecular weight is 150 g/mol. The van der Waals surface area contributed by atoms with Crippen LogP contribution in [0.4, 0.5) is 0 Å². The van der Waals surface area contributed by atoms with E-state index < -0.39 is 0 Å². The third-order valence-electron chi connectivity index (χ3n) is 3.20. The topological polar surface area (TPSA) is 24.7 Å². The highest BCUT2D eigenvalue weighted by atomic mass is 15.2. The fourth-order valence-corrected chi connectivity index (χ4v) is 1.82. The van der Waals surface area contributed by atoms with Crippen molar-refractivity contribution < 1.29 is 0 Å². The lowest BCUT2D eigenvalue weighted by Gasteiger charge is -2.16. The largest absolute Gasteiger partial charge is 0.276 e.